The van der Waals surface area contributed by atoms with E-state index >= 15 is 0 Å². The van der Waals surface area contributed by atoms with Crippen molar-refractivity contribution < 1.29 is 12.8 Å². The summed E-state index contributed by atoms with van der Waals surface area (Å²) in [5, 5.41) is 4.37. The van der Waals surface area contributed by atoms with Crippen LogP contribution in [0, 0.1) is 15.3 Å². The number of primary sulfonamides is 1. The molecule has 0 aliphatic heterocycles. The first-order valence-corrected chi connectivity index (χ1v) is 7.88. The summed E-state index contributed by atoms with van der Waals surface area (Å²) in [5.74, 6) is -0.722. The number of hydrogen-bond acceptors (Lipinski definition) is 2. The zero-order chi connectivity index (χ0) is 13.4. The molecule has 1 aromatic carbocycles. The second kappa shape index (κ2) is 5.38. The number of halogens is 3. The first-order chi connectivity index (χ1) is 7.66. The highest BCUT2D eigenvalue weighted by Gasteiger charge is 2.30. The molecule has 7 heteroatoms. The third-order valence-corrected chi connectivity index (χ3v) is 5.62. The van der Waals surface area contributed by atoms with Gasteiger partial charge in [0.05, 0.1) is 8.59 Å². The lowest BCUT2D eigenvalue weighted by Crippen LogP contribution is -2.26. The lowest BCUT2D eigenvalue weighted by atomic mass is 10.0. The third-order valence-electron chi connectivity index (χ3n) is 2.33. The fourth-order valence-electron chi connectivity index (χ4n) is 1.68. The molecule has 0 saturated carbocycles. The second-order valence-electron chi connectivity index (χ2n) is 4.02. The van der Waals surface area contributed by atoms with Crippen LogP contribution in [0.2, 0.25) is 5.02 Å². The van der Waals surface area contributed by atoms with Gasteiger partial charge in [-0.05, 0) is 40.1 Å². The van der Waals surface area contributed by atoms with Crippen molar-refractivity contribution in [2.24, 2.45) is 11.1 Å². The van der Waals surface area contributed by atoms with Crippen molar-refractivity contribution in [1.82, 2.24) is 0 Å². The number of sulfonamides is 1. The van der Waals surface area contributed by atoms with Crippen molar-refractivity contribution in [3.8, 4) is 0 Å². The number of nitrogens with two attached hydrogens (primary N) is 1. The van der Waals surface area contributed by atoms with Crippen LogP contribution in [0.25, 0.3) is 0 Å². The van der Waals surface area contributed by atoms with Gasteiger partial charge in [0.1, 0.15) is 11.1 Å². The molecule has 0 amide bonds. The minimum atomic E-state index is -3.78. The molecule has 0 spiro atoms. The van der Waals surface area contributed by atoms with Crippen LogP contribution in [-0.2, 0) is 10.0 Å². The van der Waals surface area contributed by atoms with E-state index in [9.17, 15) is 12.8 Å². The van der Waals surface area contributed by atoms with Crippen molar-refractivity contribution in [2.75, 3.05) is 0 Å². The van der Waals surface area contributed by atoms with Crippen molar-refractivity contribution in [1.29, 1.82) is 0 Å². The highest BCUT2D eigenvalue weighted by atomic mass is 127. The van der Waals surface area contributed by atoms with Crippen LogP contribution < -0.4 is 5.14 Å². The summed E-state index contributed by atoms with van der Waals surface area (Å²) in [5.41, 5.74) is 0.343. The minimum Gasteiger partial charge on any atom is -0.228 e. The Balaban J connectivity index is 3.46. The highest BCUT2D eigenvalue weighted by molar-refractivity contribution is 14.1. The van der Waals surface area contributed by atoms with Crippen LogP contribution in [-0.4, -0.2) is 8.42 Å². The fourth-order valence-corrected chi connectivity index (χ4v) is 3.81. The van der Waals surface area contributed by atoms with Gasteiger partial charge in [-0.15, -0.1) is 0 Å². The smallest absolute Gasteiger partial charge is 0.216 e. The van der Waals surface area contributed by atoms with E-state index in [1.807, 2.05) is 0 Å². The largest absolute Gasteiger partial charge is 0.228 e. The van der Waals surface area contributed by atoms with Gasteiger partial charge in [-0.2, -0.15) is 0 Å². The summed E-state index contributed by atoms with van der Waals surface area (Å²) < 4.78 is 36.5. The first-order valence-electron chi connectivity index (χ1n) is 4.81. The number of rotatable bonds is 3. The molecule has 17 heavy (non-hydrogen) atoms. The van der Waals surface area contributed by atoms with Crippen molar-refractivity contribution >= 4 is 44.2 Å². The lowest BCUT2D eigenvalue weighted by molar-refractivity contribution is 0.540. The molecule has 0 saturated heterocycles. The zero-order valence-corrected chi connectivity index (χ0v) is 13.0. The normalized spacial score (nSPS) is 14.1. The van der Waals surface area contributed by atoms with Crippen LogP contribution in [0.15, 0.2) is 12.1 Å². The third kappa shape index (κ3) is 3.30. The molecule has 0 aliphatic rings. The number of hydrogen-bond donors (Lipinski definition) is 1. The van der Waals surface area contributed by atoms with Gasteiger partial charge in [-0.3, -0.25) is 0 Å². The summed E-state index contributed by atoms with van der Waals surface area (Å²) in [4.78, 5) is 0. The lowest BCUT2D eigenvalue weighted by Gasteiger charge is -2.20. The molecule has 0 aromatic heterocycles. The molecule has 0 bridgehead atoms. The van der Waals surface area contributed by atoms with E-state index in [0.29, 0.717) is 5.56 Å². The van der Waals surface area contributed by atoms with Crippen molar-refractivity contribution in [2.45, 2.75) is 19.1 Å². The van der Waals surface area contributed by atoms with Gasteiger partial charge in [0.15, 0.2) is 0 Å². The molecular weight excluding hydrogens is 380 g/mol. The molecule has 96 valence electrons. The van der Waals surface area contributed by atoms with Crippen LogP contribution in [0.3, 0.4) is 0 Å². The topological polar surface area (TPSA) is 60.2 Å². The predicted molar refractivity (Wildman–Crippen MR) is 74.8 cm³/mol. The van der Waals surface area contributed by atoms with E-state index in [0.717, 1.165) is 0 Å². The van der Waals surface area contributed by atoms with E-state index < -0.39 is 21.1 Å². The Kier molecular flexibility index (Phi) is 4.79. The second-order valence-corrected chi connectivity index (χ2v) is 7.16. The molecule has 0 heterocycles. The molecule has 1 atom stereocenters. The molecule has 2 N–H and O–H groups in total. The van der Waals surface area contributed by atoms with Crippen LogP contribution >= 0.6 is 34.2 Å². The van der Waals surface area contributed by atoms with Gasteiger partial charge in [0.2, 0.25) is 10.0 Å². The predicted octanol–water partition coefficient (Wildman–Crippen LogP) is 3.07. The maximum Gasteiger partial charge on any atom is 0.216 e. The summed E-state index contributed by atoms with van der Waals surface area (Å²) in [7, 11) is -3.78. The fraction of sp³-hybridized carbons (Fsp3) is 0.400. The molecule has 0 fully saturated rings. The van der Waals surface area contributed by atoms with Crippen LogP contribution in [0.5, 0.6) is 0 Å². The van der Waals surface area contributed by atoms with Gasteiger partial charge in [0.25, 0.3) is 0 Å². The Morgan fingerprint density at radius 3 is 2.35 bits per heavy atom. The SMILES string of the molecule is CC(C)C(c1ccc(F)c(I)c1Cl)S(N)(=O)=O. The summed E-state index contributed by atoms with van der Waals surface area (Å²) >= 11 is 7.71. The average molecular weight is 392 g/mol. The Morgan fingerprint density at radius 2 is 1.94 bits per heavy atom. The van der Waals surface area contributed by atoms with Crippen LogP contribution in [0.4, 0.5) is 4.39 Å². The molecule has 1 rings (SSSR count). The highest BCUT2D eigenvalue weighted by Crippen LogP contribution is 2.36. The van der Waals surface area contributed by atoms with Crippen LogP contribution in [0.1, 0.15) is 24.7 Å². The maximum atomic E-state index is 13.2. The quantitative estimate of drug-likeness (QED) is 0.636. The van der Waals surface area contributed by atoms with E-state index in [1.165, 1.54) is 12.1 Å². The zero-order valence-electron chi connectivity index (χ0n) is 9.25. The Hall–Kier alpha value is 0.0800. The summed E-state index contributed by atoms with van der Waals surface area (Å²) in [6, 6.07) is 2.57. The van der Waals surface area contributed by atoms with Crippen molar-refractivity contribution in [3.63, 3.8) is 0 Å². The first kappa shape index (κ1) is 15.1. The van der Waals surface area contributed by atoms with E-state index in [2.05, 4.69) is 0 Å². The Morgan fingerprint density at radius 1 is 1.41 bits per heavy atom. The molecule has 1 unspecified atom stereocenters. The average Bonchev–Trinajstić information content (AvgIpc) is 2.16. The molecule has 0 aliphatic carbocycles. The number of benzene rings is 1. The minimum absolute atomic E-state index is 0.110. The Labute approximate surface area is 119 Å². The van der Waals surface area contributed by atoms with E-state index in [-0.39, 0.29) is 14.5 Å². The Bertz CT molecular complexity index is 533. The molecular formula is C10H12ClFINO2S. The molecule has 0 radical (unpaired) electrons. The van der Waals surface area contributed by atoms with Gasteiger partial charge >= 0.3 is 0 Å². The molecule has 3 nitrogen and oxygen atoms in total. The van der Waals surface area contributed by atoms with E-state index in [4.69, 9.17) is 16.7 Å². The van der Waals surface area contributed by atoms with Gasteiger partial charge in [-0.1, -0.05) is 31.5 Å². The van der Waals surface area contributed by atoms with Gasteiger partial charge < -0.3 is 0 Å². The maximum absolute atomic E-state index is 13.2. The standard InChI is InChI=1S/C10H12ClFINO2S/c1-5(2)10(17(14,15)16)6-3-4-7(12)9(13)8(6)11/h3-5,10H,1-2H3,(H2,14,15,16). The van der Waals surface area contributed by atoms with Crippen molar-refractivity contribution in [3.05, 3.63) is 32.1 Å². The van der Waals surface area contributed by atoms with Gasteiger partial charge in [0, 0.05) is 0 Å². The summed E-state index contributed by atoms with van der Waals surface area (Å²) in [6.07, 6.45) is 0. The summed E-state index contributed by atoms with van der Waals surface area (Å²) in [6.45, 7) is 3.45. The monoisotopic (exact) mass is 391 g/mol. The molecule has 1 aromatic rings. The van der Waals surface area contributed by atoms with Gasteiger partial charge in [-0.25, -0.2) is 17.9 Å². The van der Waals surface area contributed by atoms with E-state index in [1.54, 1.807) is 36.4 Å².